The topological polar surface area (TPSA) is 49.4 Å². The summed E-state index contributed by atoms with van der Waals surface area (Å²) in [7, 11) is 0. The van der Waals surface area contributed by atoms with Crippen molar-refractivity contribution in [2.24, 2.45) is 0 Å². The van der Waals surface area contributed by atoms with Crippen LogP contribution >= 0.6 is 0 Å². The summed E-state index contributed by atoms with van der Waals surface area (Å²) in [5.41, 5.74) is 2.22. The molecule has 1 aliphatic rings. The van der Waals surface area contributed by atoms with Gasteiger partial charge in [-0.05, 0) is 47.6 Å². The highest BCUT2D eigenvalue weighted by molar-refractivity contribution is 5.89. The largest absolute Gasteiger partial charge is 0.352 e. The molecule has 0 aromatic heterocycles. The van der Waals surface area contributed by atoms with Gasteiger partial charge in [-0.25, -0.2) is 0 Å². The van der Waals surface area contributed by atoms with E-state index in [1.165, 1.54) is 35.6 Å². The lowest BCUT2D eigenvalue weighted by molar-refractivity contribution is -0.141. The predicted molar refractivity (Wildman–Crippen MR) is 138 cm³/mol. The average molecular weight is 457 g/mol. The monoisotopic (exact) mass is 456 g/mol. The fraction of sp³-hybridized carbons (Fsp3) is 0.400. The molecule has 1 saturated carbocycles. The molecule has 1 atom stereocenters. The van der Waals surface area contributed by atoms with E-state index in [2.05, 4.69) is 35.6 Å². The Labute approximate surface area is 203 Å². The summed E-state index contributed by atoms with van der Waals surface area (Å²) in [5, 5.41) is 5.63. The molecule has 0 spiro atoms. The third kappa shape index (κ3) is 6.05. The van der Waals surface area contributed by atoms with E-state index >= 15 is 0 Å². The van der Waals surface area contributed by atoms with E-state index in [0.717, 1.165) is 18.4 Å². The number of nitrogens with one attached hydrogen (secondary N) is 1. The fourth-order valence-electron chi connectivity index (χ4n) is 5.14. The minimum Gasteiger partial charge on any atom is -0.352 e. The van der Waals surface area contributed by atoms with Gasteiger partial charge in [0.05, 0.1) is 0 Å². The van der Waals surface area contributed by atoms with Gasteiger partial charge in [0.1, 0.15) is 6.04 Å². The molecule has 1 fully saturated rings. The molecule has 1 aliphatic carbocycles. The number of rotatable bonds is 9. The maximum Gasteiger partial charge on any atom is 0.243 e. The summed E-state index contributed by atoms with van der Waals surface area (Å²) in [6.07, 6.45) is 7.30. The molecular formula is C30H36N2O2. The van der Waals surface area contributed by atoms with Crippen molar-refractivity contribution in [3.8, 4) is 0 Å². The van der Waals surface area contributed by atoms with Crippen molar-refractivity contribution < 1.29 is 9.59 Å². The SMILES string of the molecule is CC[C@H](C(=O)NC1CCCCC1)N(Cc1ccccc1)C(=O)CCc1cccc2ccccc12. The first kappa shape index (κ1) is 24.0. The van der Waals surface area contributed by atoms with Crippen molar-refractivity contribution >= 4 is 22.6 Å². The molecule has 178 valence electrons. The molecule has 4 rings (SSSR count). The third-order valence-corrected chi connectivity index (χ3v) is 7.02. The second-order valence-electron chi connectivity index (χ2n) is 9.41. The first-order valence-corrected chi connectivity index (χ1v) is 12.8. The summed E-state index contributed by atoms with van der Waals surface area (Å²) in [6, 6.07) is 24.3. The van der Waals surface area contributed by atoms with Crippen LogP contribution in [0.3, 0.4) is 0 Å². The van der Waals surface area contributed by atoms with E-state index in [0.29, 0.717) is 25.8 Å². The van der Waals surface area contributed by atoms with Gasteiger partial charge in [0.2, 0.25) is 11.8 Å². The Morgan fingerprint density at radius 3 is 2.38 bits per heavy atom. The average Bonchev–Trinajstić information content (AvgIpc) is 2.88. The lowest BCUT2D eigenvalue weighted by Crippen LogP contribution is -2.51. The molecule has 0 saturated heterocycles. The number of hydrogen-bond donors (Lipinski definition) is 1. The normalized spacial score (nSPS) is 15.1. The summed E-state index contributed by atoms with van der Waals surface area (Å²) in [4.78, 5) is 28.7. The zero-order chi connectivity index (χ0) is 23.8. The van der Waals surface area contributed by atoms with E-state index in [9.17, 15) is 9.59 Å². The number of aryl methyl sites for hydroxylation is 1. The summed E-state index contributed by atoms with van der Waals surface area (Å²) < 4.78 is 0. The van der Waals surface area contributed by atoms with Crippen LogP contribution in [0.25, 0.3) is 10.8 Å². The number of carbonyl (C=O) groups is 2. The van der Waals surface area contributed by atoms with Gasteiger partial charge in [-0.3, -0.25) is 9.59 Å². The van der Waals surface area contributed by atoms with Crippen LogP contribution < -0.4 is 5.32 Å². The van der Waals surface area contributed by atoms with Crippen LogP contribution in [0, 0.1) is 0 Å². The zero-order valence-electron chi connectivity index (χ0n) is 20.2. The molecule has 4 nitrogen and oxygen atoms in total. The van der Waals surface area contributed by atoms with E-state index < -0.39 is 6.04 Å². The van der Waals surface area contributed by atoms with Gasteiger partial charge in [-0.1, -0.05) is 99.0 Å². The number of nitrogens with zero attached hydrogens (tertiary/aromatic N) is 1. The van der Waals surface area contributed by atoms with Crippen molar-refractivity contribution in [3.63, 3.8) is 0 Å². The second kappa shape index (κ2) is 11.8. The molecular weight excluding hydrogens is 420 g/mol. The quantitative estimate of drug-likeness (QED) is 0.427. The molecule has 3 aromatic rings. The molecule has 2 amide bonds. The number of hydrogen-bond acceptors (Lipinski definition) is 2. The molecule has 0 unspecified atom stereocenters. The van der Waals surface area contributed by atoms with E-state index in [4.69, 9.17) is 0 Å². The van der Waals surface area contributed by atoms with Gasteiger partial charge < -0.3 is 10.2 Å². The molecule has 3 aromatic carbocycles. The first-order valence-electron chi connectivity index (χ1n) is 12.8. The lowest BCUT2D eigenvalue weighted by atomic mass is 9.95. The molecule has 1 N–H and O–H groups in total. The number of fused-ring (bicyclic) bond motifs is 1. The van der Waals surface area contributed by atoms with Crippen molar-refractivity contribution in [3.05, 3.63) is 83.9 Å². The minimum absolute atomic E-state index is 0.0103. The van der Waals surface area contributed by atoms with Crippen LogP contribution in [-0.2, 0) is 22.6 Å². The van der Waals surface area contributed by atoms with Crippen LogP contribution in [0.1, 0.15) is 63.0 Å². The van der Waals surface area contributed by atoms with Crippen molar-refractivity contribution in [2.75, 3.05) is 0 Å². The van der Waals surface area contributed by atoms with Gasteiger partial charge in [-0.15, -0.1) is 0 Å². The van der Waals surface area contributed by atoms with Crippen molar-refractivity contribution in [2.45, 2.75) is 76.9 Å². The van der Waals surface area contributed by atoms with Gasteiger partial charge in [0.25, 0.3) is 0 Å². The predicted octanol–water partition coefficient (Wildman–Crippen LogP) is 6.03. The Kier molecular flexibility index (Phi) is 8.35. The Balaban J connectivity index is 1.51. The van der Waals surface area contributed by atoms with Gasteiger partial charge >= 0.3 is 0 Å². The summed E-state index contributed by atoms with van der Waals surface area (Å²) in [6.45, 7) is 2.45. The van der Waals surface area contributed by atoms with Crippen LogP contribution in [0.4, 0.5) is 0 Å². The van der Waals surface area contributed by atoms with E-state index in [1.807, 2.05) is 49.4 Å². The highest BCUT2D eigenvalue weighted by Crippen LogP contribution is 2.22. The zero-order valence-corrected chi connectivity index (χ0v) is 20.2. The Bertz CT molecular complexity index is 1080. The third-order valence-electron chi connectivity index (χ3n) is 7.02. The molecule has 0 bridgehead atoms. The summed E-state index contributed by atoms with van der Waals surface area (Å²) >= 11 is 0. The fourth-order valence-corrected chi connectivity index (χ4v) is 5.14. The van der Waals surface area contributed by atoms with Crippen LogP contribution in [-0.4, -0.2) is 28.8 Å². The van der Waals surface area contributed by atoms with E-state index in [-0.39, 0.29) is 17.9 Å². The first-order chi connectivity index (χ1) is 16.7. The van der Waals surface area contributed by atoms with Gasteiger partial charge in [-0.2, -0.15) is 0 Å². The minimum atomic E-state index is -0.456. The smallest absolute Gasteiger partial charge is 0.243 e. The number of benzene rings is 3. The molecule has 34 heavy (non-hydrogen) atoms. The maximum atomic E-state index is 13.6. The lowest BCUT2D eigenvalue weighted by Gasteiger charge is -2.33. The van der Waals surface area contributed by atoms with Crippen molar-refractivity contribution in [1.29, 1.82) is 0 Å². The van der Waals surface area contributed by atoms with Crippen LogP contribution in [0.15, 0.2) is 72.8 Å². The highest BCUT2D eigenvalue weighted by atomic mass is 16.2. The molecule has 0 heterocycles. The summed E-state index contributed by atoms with van der Waals surface area (Å²) in [5.74, 6) is 0.0197. The van der Waals surface area contributed by atoms with Gasteiger partial charge in [0, 0.05) is 19.0 Å². The van der Waals surface area contributed by atoms with Crippen LogP contribution in [0.2, 0.25) is 0 Å². The molecule has 0 aliphatic heterocycles. The number of amides is 2. The standard InChI is InChI=1S/C30H36N2O2/c1-2-28(30(34)31-26-17-7-4-8-18-26)32(22-23-12-5-3-6-13-23)29(33)21-20-25-16-11-15-24-14-9-10-19-27(24)25/h3,5-6,9-16,19,26,28H,2,4,7-8,17-18,20-22H2,1H3,(H,31,34)/t28-/m1/s1. The molecule has 0 radical (unpaired) electrons. The van der Waals surface area contributed by atoms with Crippen molar-refractivity contribution in [1.82, 2.24) is 10.2 Å². The highest BCUT2D eigenvalue weighted by Gasteiger charge is 2.30. The Morgan fingerprint density at radius 2 is 1.62 bits per heavy atom. The van der Waals surface area contributed by atoms with Gasteiger partial charge in [0.15, 0.2) is 0 Å². The Morgan fingerprint density at radius 1 is 0.912 bits per heavy atom. The van der Waals surface area contributed by atoms with Crippen LogP contribution in [0.5, 0.6) is 0 Å². The Hall–Kier alpha value is -3.14. The molecule has 4 heteroatoms. The van der Waals surface area contributed by atoms with E-state index in [1.54, 1.807) is 4.90 Å². The number of carbonyl (C=O) groups excluding carboxylic acids is 2. The second-order valence-corrected chi connectivity index (χ2v) is 9.41. The maximum absolute atomic E-state index is 13.6.